The Morgan fingerprint density at radius 1 is 1.12 bits per heavy atom. The maximum Gasteiger partial charge on any atom is 0.262 e. The number of ether oxygens (including phenoxy) is 1. The second-order valence-corrected chi connectivity index (χ2v) is 9.55. The van der Waals surface area contributed by atoms with E-state index < -0.39 is 0 Å². The van der Waals surface area contributed by atoms with Crippen molar-refractivity contribution in [3.05, 3.63) is 82.6 Å². The van der Waals surface area contributed by atoms with Crippen LogP contribution in [0.15, 0.2) is 76.7 Å². The molecule has 1 N–H and O–H groups in total. The Kier molecular flexibility index (Phi) is 6.65. The Morgan fingerprint density at radius 2 is 1.88 bits per heavy atom. The van der Waals surface area contributed by atoms with E-state index in [9.17, 15) is 9.59 Å². The van der Waals surface area contributed by atoms with Gasteiger partial charge in [0.1, 0.15) is 0 Å². The van der Waals surface area contributed by atoms with Crippen LogP contribution in [0, 0.1) is 0 Å². The van der Waals surface area contributed by atoms with E-state index in [0.29, 0.717) is 22.6 Å². The number of thioether (sulfide) groups is 1. The van der Waals surface area contributed by atoms with Gasteiger partial charge in [-0.25, -0.2) is 4.98 Å². The molecule has 34 heavy (non-hydrogen) atoms. The van der Waals surface area contributed by atoms with E-state index in [-0.39, 0.29) is 29.4 Å². The zero-order chi connectivity index (χ0) is 23.5. The first-order valence-electron chi connectivity index (χ1n) is 11.6. The molecular formula is C27H27N3O3S. The first-order valence-corrected chi connectivity index (χ1v) is 12.6. The number of carbonyl (C=O) groups excluding carboxylic acids is 1. The summed E-state index contributed by atoms with van der Waals surface area (Å²) in [6.07, 6.45) is 1.92. The van der Waals surface area contributed by atoms with Gasteiger partial charge in [-0.1, -0.05) is 66.4 Å². The molecule has 1 fully saturated rings. The van der Waals surface area contributed by atoms with Crippen molar-refractivity contribution >= 4 is 39.3 Å². The molecule has 0 spiro atoms. The molecule has 3 aromatic carbocycles. The predicted octanol–water partition coefficient (Wildman–Crippen LogP) is 4.70. The maximum absolute atomic E-state index is 13.2. The third-order valence-corrected chi connectivity index (χ3v) is 7.21. The van der Waals surface area contributed by atoms with Crippen molar-refractivity contribution in [2.75, 3.05) is 12.4 Å². The second kappa shape index (κ2) is 9.99. The van der Waals surface area contributed by atoms with Crippen molar-refractivity contribution in [2.45, 2.75) is 43.6 Å². The second-order valence-electron chi connectivity index (χ2n) is 8.61. The minimum absolute atomic E-state index is 0.000206. The van der Waals surface area contributed by atoms with Crippen molar-refractivity contribution in [1.29, 1.82) is 0 Å². The molecule has 4 aromatic rings. The summed E-state index contributed by atoms with van der Waals surface area (Å²) in [6, 6.07) is 21.5. The summed E-state index contributed by atoms with van der Waals surface area (Å²) >= 11 is 1.29. The molecular weight excluding hydrogens is 446 g/mol. The number of aromatic nitrogens is 2. The lowest BCUT2D eigenvalue weighted by atomic mass is 10.00. The molecule has 0 bridgehead atoms. The highest BCUT2D eigenvalue weighted by Crippen LogP contribution is 2.25. The van der Waals surface area contributed by atoms with Crippen molar-refractivity contribution < 1.29 is 9.53 Å². The number of carbonyl (C=O) groups is 1. The summed E-state index contributed by atoms with van der Waals surface area (Å²) in [4.78, 5) is 30.8. The topological polar surface area (TPSA) is 73.2 Å². The van der Waals surface area contributed by atoms with Gasteiger partial charge in [0.25, 0.3) is 5.56 Å². The lowest BCUT2D eigenvalue weighted by Crippen LogP contribution is -2.31. The zero-order valence-corrected chi connectivity index (χ0v) is 19.9. The van der Waals surface area contributed by atoms with Crippen LogP contribution in [0.25, 0.3) is 21.7 Å². The molecule has 1 aromatic heterocycles. The predicted molar refractivity (Wildman–Crippen MR) is 136 cm³/mol. The molecule has 0 saturated carbocycles. The van der Waals surface area contributed by atoms with Gasteiger partial charge in [0.15, 0.2) is 5.16 Å². The smallest absolute Gasteiger partial charge is 0.262 e. The number of amides is 1. The van der Waals surface area contributed by atoms with Gasteiger partial charge in [-0.05, 0) is 48.2 Å². The van der Waals surface area contributed by atoms with Gasteiger partial charge in [0, 0.05) is 6.61 Å². The first kappa shape index (κ1) is 22.6. The molecule has 0 radical (unpaired) electrons. The van der Waals surface area contributed by atoms with E-state index in [1.165, 1.54) is 11.8 Å². The average Bonchev–Trinajstić information content (AvgIpc) is 3.37. The van der Waals surface area contributed by atoms with Crippen molar-refractivity contribution in [3.63, 3.8) is 0 Å². The molecule has 2 heterocycles. The third-order valence-electron chi connectivity index (χ3n) is 6.24. The van der Waals surface area contributed by atoms with Gasteiger partial charge in [-0.2, -0.15) is 0 Å². The standard InChI is InChI=1S/C27H27N3O3S/c1-18(21-13-6-9-19-8-2-3-11-22(19)21)28-25(31)17-34-27-29-24-14-5-4-12-23(24)26(32)30(27)16-20-10-7-15-33-20/h2-6,8-9,11-14,18,20H,7,10,15-17H2,1H3,(H,28,31). The van der Waals surface area contributed by atoms with E-state index in [1.54, 1.807) is 10.6 Å². The average molecular weight is 474 g/mol. The number of nitrogens with zero attached hydrogens (tertiary/aromatic N) is 2. The molecule has 2 unspecified atom stereocenters. The molecule has 1 amide bonds. The summed E-state index contributed by atoms with van der Waals surface area (Å²) in [7, 11) is 0. The largest absolute Gasteiger partial charge is 0.376 e. The highest BCUT2D eigenvalue weighted by molar-refractivity contribution is 7.99. The first-order chi connectivity index (χ1) is 16.6. The number of para-hydroxylation sites is 1. The molecule has 1 saturated heterocycles. The minimum Gasteiger partial charge on any atom is -0.376 e. The zero-order valence-electron chi connectivity index (χ0n) is 19.1. The highest BCUT2D eigenvalue weighted by atomic mass is 32.2. The van der Waals surface area contributed by atoms with Crippen LogP contribution in [-0.2, 0) is 16.1 Å². The number of fused-ring (bicyclic) bond motifs is 2. The molecule has 1 aliphatic heterocycles. The van der Waals surface area contributed by atoms with Crippen molar-refractivity contribution in [2.24, 2.45) is 0 Å². The fraction of sp³-hybridized carbons (Fsp3) is 0.296. The van der Waals surface area contributed by atoms with Crippen LogP contribution in [0.2, 0.25) is 0 Å². The Balaban J connectivity index is 1.34. The van der Waals surface area contributed by atoms with Gasteiger partial charge in [-0.15, -0.1) is 0 Å². The maximum atomic E-state index is 13.2. The van der Waals surface area contributed by atoms with E-state index in [4.69, 9.17) is 9.72 Å². The number of rotatable bonds is 7. The Bertz CT molecular complexity index is 1390. The molecule has 5 rings (SSSR count). The van der Waals surface area contributed by atoms with E-state index in [1.807, 2.05) is 49.4 Å². The monoisotopic (exact) mass is 473 g/mol. The van der Waals surface area contributed by atoms with Gasteiger partial charge in [-0.3, -0.25) is 14.2 Å². The molecule has 6 nitrogen and oxygen atoms in total. The molecule has 0 aliphatic carbocycles. The Hall–Kier alpha value is -3.16. The number of benzene rings is 3. The SMILES string of the molecule is CC(NC(=O)CSc1nc2ccccc2c(=O)n1CC1CCCO1)c1cccc2ccccc12. The van der Waals surface area contributed by atoms with E-state index in [0.717, 1.165) is 35.8 Å². The third kappa shape index (κ3) is 4.72. The van der Waals surface area contributed by atoms with Crippen LogP contribution in [0.4, 0.5) is 0 Å². The summed E-state index contributed by atoms with van der Waals surface area (Å²) < 4.78 is 7.44. The van der Waals surface area contributed by atoms with Gasteiger partial charge < -0.3 is 10.1 Å². The number of hydrogen-bond acceptors (Lipinski definition) is 5. The fourth-order valence-electron chi connectivity index (χ4n) is 4.53. The highest BCUT2D eigenvalue weighted by Gasteiger charge is 2.21. The van der Waals surface area contributed by atoms with Gasteiger partial charge in [0.05, 0.1) is 35.3 Å². The normalized spacial score (nSPS) is 16.7. The summed E-state index contributed by atoms with van der Waals surface area (Å²) in [5.41, 5.74) is 1.63. The molecule has 174 valence electrons. The van der Waals surface area contributed by atoms with E-state index >= 15 is 0 Å². The van der Waals surface area contributed by atoms with Crippen LogP contribution >= 0.6 is 11.8 Å². The summed E-state index contributed by atoms with van der Waals surface area (Å²) in [5.74, 6) is 0.0716. The Labute approximate surface area is 202 Å². The number of nitrogens with one attached hydrogen (secondary N) is 1. The van der Waals surface area contributed by atoms with Crippen LogP contribution in [0.5, 0.6) is 0 Å². The Morgan fingerprint density at radius 3 is 2.71 bits per heavy atom. The molecule has 1 aliphatic rings. The van der Waals surface area contributed by atoms with Gasteiger partial charge in [0.2, 0.25) is 5.91 Å². The van der Waals surface area contributed by atoms with Crippen LogP contribution in [0.1, 0.15) is 31.4 Å². The fourth-order valence-corrected chi connectivity index (χ4v) is 5.35. The quantitative estimate of drug-likeness (QED) is 0.311. The van der Waals surface area contributed by atoms with Crippen LogP contribution < -0.4 is 10.9 Å². The minimum atomic E-state index is -0.141. The van der Waals surface area contributed by atoms with Crippen molar-refractivity contribution in [3.8, 4) is 0 Å². The van der Waals surface area contributed by atoms with E-state index in [2.05, 4.69) is 23.5 Å². The molecule has 7 heteroatoms. The lowest BCUT2D eigenvalue weighted by Gasteiger charge is -2.18. The molecule has 2 atom stereocenters. The van der Waals surface area contributed by atoms with Crippen LogP contribution in [0.3, 0.4) is 0 Å². The summed E-state index contributed by atoms with van der Waals surface area (Å²) in [5, 5.41) is 6.51. The summed E-state index contributed by atoms with van der Waals surface area (Å²) in [6.45, 7) is 3.16. The number of hydrogen-bond donors (Lipinski definition) is 1. The van der Waals surface area contributed by atoms with Gasteiger partial charge >= 0.3 is 0 Å². The lowest BCUT2D eigenvalue weighted by molar-refractivity contribution is -0.119. The van der Waals surface area contributed by atoms with Crippen molar-refractivity contribution in [1.82, 2.24) is 14.9 Å². The van der Waals surface area contributed by atoms with Crippen LogP contribution in [-0.4, -0.2) is 33.9 Å².